The van der Waals surface area contributed by atoms with E-state index in [1.165, 1.54) is 11.8 Å². The number of hydrogen-bond donors (Lipinski definition) is 2. The van der Waals surface area contributed by atoms with Crippen molar-refractivity contribution in [3.63, 3.8) is 0 Å². The zero-order valence-electron chi connectivity index (χ0n) is 25.5. The van der Waals surface area contributed by atoms with Crippen LogP contribution in [0.15, 0.2) is 33.9 Å². The molecule has 2 aromatic rings. The number of hydrogen-bond acceptors (Lipinski definition) is 9. The number of nitrogens with zero attached hydrogens (tertiary/aromatic N) is 4. The van der Waals surface area contributed by atoms with E-state index in [1.807, 2.05) is 59.1 Å². The lowest BCUT2D eigenvalue weighted by Gasteiger charge is -2.37. The molecule has 1 heterocycles. The second-order valence-corrected chi connectivity index (χ2v) is 12.6. The molecule has 42 heavy (non-hydrogen) atoms. The molecule has 1 atom stereocenters. The van der Waals surface area contributed by atoms with Gasteiger partial charge in [0.05, 0.1) is 6.04 Å². The molecule has 2 N–H and O–H groups in total. The zero-order valence-corrected chi connectivity index (χ0v) is 27.9. The van der Waals surface area contributed by atoms with Gasteiger partial charge in [0.15, 0.2) is 0 Å². The highest BCUT2D eigenvalue weighted by Crippen LogP contribution is 2.30. The number of aromatic nitrogens is 2. The fourth-order valence-corrected chi connectivity index (χ4v) is 5.68. The molecule has 1 aromatic carbocycles. The van der Waals surface area contributed by atoms with Crippen LogP contribution in [0.2, 0.25) is 0 Å². The van der Waals surface area contributed by atoms with E-state index in [9.17, 15) is 14.4 Å². The number of nitrogens with one attached hydrogen (secondary N) is 2. The molecule has 0 saturated heterocycles. The van der Waals surface area contributed by atoms with E-state index in [0.717, 1.165) is 43.7 Å². The summed E-state index contributed by atoms with van der Waals surface area (Å²) in [6.45, 7) is 5.58. The summed E-state index contributed by atoms with van der Waals surface area (Å²) in [5.74, 6) is -0.292. The third kappa shape index (κ3) is 11.1. The lowest BCUT2D eigenvalue weighted by molar-refractivity contribution is -0.129. The number of benzene rings is 1. The summed E-state index contributed by atoms with van der Waals surface area (Å²) in [6, 6.07) is 6.59. The Morgan fingerprint density at radius 2 is 1.62 bits per heavy atom. The van der Waals surface area contributed by atoms with E-state index in [2.05, 4.69) is 25.7 Å². The van der Waals surface area contributed by atoms with Gasteiger partial charge in [-0.3, -0.25) is 14.4 Å². The van der Waals surface area contributed by atoms with Gasteiger partial charge in [0, 0.05) is 24.4 Å². The van der Waals surface area contributed by atoms with Crippen LogP contribution in [-0.4, -0.2) is 89.7 Å². The number of rotatable bonds is 14. The molecule has 3 rings (SSSR count). The van der Waals surface area contributed by atoms with Crippen molar-refractivity contribution in [2.45, 2.75) is 75.7 Å². The zero-order chi connectivity index (χ0) is 29.3. The number of ketones is 1. The highest BCUT2D eigenvalue weighted by Gasteiger charge is 2.43. The minimum absolute atomic E-state index is 0. The van der Waals surface area contributed by atoms with Crippen molar-refractivity contribution in [1.29, 1.82) is 0 Å². The number of thioether (sulfide) groups is 1. The monoisotopic (exact) mass is 644 g/mol. The van der Waals surface area contributed by atoms with Gasteiger partial charge in [-0.15, -0.1) is 35.0 Å². The molecule has 2 amide bonds. The van der Waals surface area contributed by atoms with E-state index < -0.39 is 17.4 Å². The number of amides is 2. The first kappa shape index (κ1) is 37.8. The average molecular weight is 646 g/mol. The molecule has 0 spiro atoms. The van der Waals surface area contributed by atoms with Crippen molar-refractivity contribution in [1.82, 2.24) is 30.6 Å². The normalized spacial score (nSPS) is 15.1. The fourth-order valence-electron chi connectivity index (χ4n) is 4.81. The van der Waals surface area contributed by atoms with E-state index in [-0.39, 0.29) is 48.4 Å². The van der Waals surface area contributed by atoms with Crippen molar-refractivity contribution in [3.05, 3.63) is 41.3 Å². The maximum absolute atomic E-state index is 13.8. The lowest BCUT2D eigenvalue weighted by atomic mass is 9.80. The first-order chi connectivity index (χ1) is 19.0. The lowest BCUT2D eigenvalue weighted by Crippen LogP contribution is -2.62. The third-order valence-corrected chi connectivity index (χ3v) is 7.72. The van der Waals surface area contributed by atoms with Crippen molar-refractivity contribution in [3.8, 4) is 0 Å². The van der Waals surface area contributed by atoms with Crippen LogP contribution in [0.25, 0.3) is 0 Å². The molecule has 1 aliphatic rings. The number of carbonyl (C=O) groups excluding carboxylic acids is 3. The molecule has 1 aromatic heterocycles. The molecule has 0 aliphatic heterocycles. The van der Waals surface area contributed by atoms with Gasteiger partial charge >= 0.3 is 0 Å². The quantitative estimate of drug-likeness (QED) is 0.227. The van der Waals surface area contributed by atoms with E-state index >= 15 is 0 Å². The van der Waals surface area contributed by atoms with Gasteiger partial charge < -0.3 is 24.9 Å². The highest BCUT2D eigenvalue weighted by atomic mass is 35.5. The van der Waals surface area contributed by atoms with Crippen molar-refractivity contribution in [2.75, 3.05) is 40.5 Å². The smallest absolute Gasteiger partial charge is 0.286 e. The first-order valence-electron chi connectivity index (χ1n) is 14.0. The van der Waals surface area contributed by atoms with Crippen molar-refractivity contribution >= 4 is 54.2 Å². The maximum Gasteiger partial charge on any atom is 0.286 e. The number of halogens is 2. The minimum atomic E-state index is -1.09. The Morgan fingerprint density at radius 1 is 0.976 bits per heavy atom. The van der Waals surface area contributed by atoms with Gasteiger partial charge in [0.1, 0.15) is 5.54 Å². The standard InChI is InChI=1S/C29H44N6O4S.2ClH/c1-20(2)18-23(24(36)26-32-33-28(39-26)40-17-16-34(3)4)30-27(38)29(14-8-7-9-15-29)31-25(37)22-12-10-21(11-13-22)19-35(5)6;;/h10-13,20,23H,7-9,14-19H2,1-6H3,(H,30,38)(H,31,37);2*1H. The maximum atomic E-state index is 13.8. The number of Topliss-reactive ketones (excluding diaryl/α,β-unsaturated/α-hetero) is 1. The Morgan fingerprint density at radius 3 is 2.19 bits per heavy atom. The Hall–Kier alpha value is -2.18. The van der Waals surface area contributed by atoms with Gasteiger partial charge in [0.2, 0.25) is 11.7 Å². The molecule has 0 radical (unpaired) electrons. The van der Waals surface area contributed by atoms with Gasteiger partial charge in [0.25, 0.3) is 17.0 Å². The summed E-state index contributed by atoms with van der Waals surface area (Å²) < 4.78 is 5.65. The predicted molar refractivity (Wildman–Crippen MR) is 171 cm³/mol. The number of carbonyl (C=O) groups is 3. The SMILES string of the molecule is CC(C)CC(NC(=O)C1(NC(=O)c2ccc(CN(C)C)cc2)CCCCC1)C(=O)c1nnc(SCCN(C)C)o1.Cl.Cl. The molecule has 1 fully saturated rings. The van der Waals surface area contributed by atoms with Crippen LogP contribution in [-0.2, 0) is 11.3 Å². The van der Waals surface area contributed by atoms with Crippen LogP contribution in [0.3, 0.4) is 0 Å². The second-order valence-electron chi connectivity index (χ2n) is 11.6. The van der Waals surface area contributed by atoms with Crippen LogP contribution < -0.4 is 10.6 Å². The van der Waals surface area contributed by atoms with Gasteiger partial charge in [-0.05, 0) is 71.1 Å². The molecule has 0 bridgehead atoms. The molecular weight excluding hydrogens is 599 g/mol. The fraction of sp³-hybridized carbons (Fsp3) is 0.621. The second kappa shape index (κ2) is 17.8. The van der Waals surface area contributed by atoms with E-state index in [4.69, 9.17) is 4.42 Å². The van der Waals surface area contributed by atoms with Crippen LogP contribution in [0.1, 0.15) is 79.0 Å². The predicted octanol–water partition coefficient (Wildman–Crippen LogP) is 4.48. The van der Waals surface area contributed by atoms with Gasteiger partial charge in [-0.25, -0.2) is 0 Å². The largest absolute Gasteiger partial charge is 0.408 e. The van der Waals surface area contributed by atoms with Crippen LogP contribution >= 0.6 is 36.6 Å². The van der Waals surface area contributed by atoms with Crippen LogP contribution in [0.5, 0.6) is 0 Å². The summed E-state index contributed by atoms with van der Waals surface area (Å²) in [7, 11) is 7.94. The minimum Gasteiger partial charge on any atom is -0.408 e. The summed E-state index contributed by atoms with van der Waals surface area (Å²) in [6.07, 6.45) is 4.06. The van der Waals surface area contributed by atoms with Crippen LogP contribution in [0, 0.1) is 5.92 Å². The summed E-state index contributed by atoms with van der Waals surface area (Å²) in [4.78, 5) is 44.7. The van der Waals surface area contributed by atoms with Gasteiger partial charge in [-0.2, -0.15) is 0 Å². The summed E-state index contributed by atoms with van der Waals surface area (Å²) in [5.41, 5.74) is 0.511. The summed E-state index contributed by atoms with van der Waals surface area (Å²) in [5, 5.41) is 14.3. The topological polar surface area (TPSA) is 121 Å². The molecule has 13 heteroatoms. The van der Waals surface area contributed by atoms with Crippen LogP contribution in [0.4, 0.5) is 0 Å². The summed E-state index contributed by atoms with van der Waals surface area (Å²) >= 11 is 1.39. The molecular formula is C29H46Cl2N6O4S. The Labute approximate surface area is 266 Å². The molecule has 1 saturated carbocycles. The molecule has 1 unspecified atom stereocenters. The van der Waals surface area contributed by atoms with E-state index in [0.29, 0.717) is 30.0 Å². The highest BCUT2D eigenvalue weighted by molar-refractivity contribution is 7.99. The third-order valence-electron chi connectivity index (χ3n) is 6.92. The van der Waals surface area contributed by atoms with Gasteiger partial charge in [-0.1, -0.05) is 57.0 Å². The Balaban J connectivity index is 0.00000441. The molecule has 236 valence electrons. The van der Waals surface area contributed by atoms with E-state index in [1.54, 1.807) is 12.1 Å². The first-order valence-corrected chi connectivity index (χ1v) is 15.0. The van der Waals surface area contributed by atoms with Crippen molar-refractivity contribution < 1.29 is 18.8 Å². The molecule has 10 nitrogen and oxygen atoms in total. The van der Waals surface area contributed by atoms with Crippen molar-refractivity contribution in [2.24, 2.45) is 5.92 Å². The Bertz CT molecular complexity index is 1140. The average Bonchev–Trinajstić information content (AvgIpc) is 3.37. The molecule has 1 aliphatic carbocycles. The Kier molecular flexibility index (Phi) is 16.1.